The lowest BCUT2D eigenvalue weighted by Crippen LogP contribution is -2.60. The first-order valence-electron chi connectivity index (χ1n) is 3.98. The largest absolute Gasteiger partial charge is 0.375 e. The summed E-state index contributed by atoms with van der Waals surface area (Å²) in [7, 11) is 0. The molecule has 64 valence electrons. The van der Waals surface area contributed by atoms with E-state index in [1.165, 1.54) is 0 Å². The molecule has 0 aromatic heterocycles. The average molecular weight is 158 g/mol. The molecule has 0 bridgehead atoms. The molecule has 0 aromatic carbocycles. The van der Waals surface area contributed by atoms with Crippen LogP contribution in [0.2, 0.25) is 0 Å². The Hall–Kier alpha value is -0.120. The Morgan fingerprint density at radius 2 is 1.27 bits per heavy atom. The fourth-order valence-corrected chi connectivity index (χ4v) is 1.49. The Bertz CT molecular complexity index is 141. The maximum absolute atomic E-state index is 5.85. The molecule has 0 radical (unpaired) electrons. The summed E-state index contributed by atoms with van der Waals surface area (Å²) in [4.78, 5) is 0. The van der Waals surface area contributed by atoms with Crippen molar-refractivity contribution >= 4 is 0 Å². The highest BCUT2D eigenvalue weighted by Crippen LogP contribution is 2.31. The summed E-state index contributed by atoms with van der Waals surface area (Å²) in [6.45, 7) is 7.07. The highest BCUT2D eigenvalue weighted by atomic mass is 16.6. The van der Waals surface area contributed by atoms with E-state index < -0.39 is 0 Å². The van der Waals surface area contributed by atoms with Gasteiger partial charge in [0.25, 0.3) is 0 Å². The molecule has 0 aromatic rings. The Morgan fingerprint density at radius 1 is 0.909 bits per heavy atom. The molecular weight excluding hydrogens is 144 g/mol. The van der Waals surface area contributed by atoms with Crippen molar-refractivity contribution in [1.29, 1.82) is 0 Å². The lowest BCUT2D eigenvalue weighted by Gasteiger charge is -2.48. The molecule has 3 heteroatoms. The minimum Gasteiger partial charge on any atom is -0.375 e. The molecule has 3 nitrogen and oxygen atoms in total. The molecule has 0 atom stereocenters. The summed E-state index contributed by atoms with van der Waals surface area (Å²) in [6, 6.07) is 0. The van der Waals surface area contributed by atoms with Gasteiger partial charge in [0, 0.05) is 0 Å². The summed E-state index contributed by atoms with van der Waals surface area (Å²) in [5.74, 6) is 0. The molecule has 2 fully saturated rings. The van der Waals surface area contributed by atoms with E-state index in [-0.39, 0.29) is 11.2 Å². The zero-order valence-corrected chi connectivity index (χ0v) is 7.05. The third-order valence-corrected chi connectivity index (χ3v) is 2.12. The van der Waals surface area contributed by atoms with Crippen LogP contribution in [-0.4, -0.2) is 37.6 Å². The van der Waals surface area contributed by atoms with Crippen LogP contribution in [-0.2, 0) is 14.2 Å². The molecule has 0 N–H and O–H groups in total. The minimum atomic E-state index is -0.0431. The normalized spacial score (nSPS) is 32.2. The molecule has 0 saturated carbocycles. The van der Waals surface area contributed by atoms with Gasteiger partial charge in [-0.2, -0.15) is 0 Å². The summed E-state index contributed by atoms with van der Waals surface area (Å²) >= 11 is 0. The van der Waals surface area contributed by atoms with Crippen molar-refractivity contribution < 1.29 is 14.2 Å². The first-order chi connectivity index (χ1) is 5.12. The van der Waals surface area contributed by atoms with Crippen LogP contribution in [0.15, 0.2) is 0 Å². The average Bonchev–Trinajstić information content (AvgIpc) is 1.81. The molecule has 0 aliphatic carbocycles. The van der Waals surface area contributed by atoms with E-state index in [4.69, 9.17) is 14.2 Å². The highest BCUT2D eigenvalue weighted by Gasteiger charge is 2.45. The van der Waals surface area contributed by atoms with Gasteiger partial charge in [-0.15, -0.1) is 0 Å². The number of hydrogen-bond acceptors (Lipinski definition) is 3. The zero-order chi connectivity index (χ0) is 7.95. The second kappa shape index (κ2) is 2.19. The van der Waals surface area contributed by atoms with Crippen LogP contribution in [0.25, 0.3) is 0 Å². The van der Waals surface area contributed by atoms with Gasteiger partial charge >= 0.3 is 0 Å². The lowest BCUT2D eigenvalue weighted by atomic mass is 10.00. The summed E-state index contributed by atoms with van der Waals surface area (Å²) in [5, 5.41) is 0. The molecule has 2 saturated heterocycles. The topological polar surface area (TPSA) is 27.7 Å². The Balaban J connectivity index is 1.88. The summed E-state index contributed by atoms with van der Waals surface area (Å²) in [6.07, 6.45) is 0. The van der Waals surface area contributed by atoms with E-state index in [0.717, 1.165) is 26.4 Å². The van der Waals surface area contributed by atoms with Gasteiger partial charge in [-0.3, -0.25) is 0 Å². The third kappa shape index (κ3) is 1.28. The van der Waals surface area contributed by atoms with Crippen molar-refractivity contribution in [1.82, 2.24) is 0 Å². The number of hydrogen-bond donors (Lipinski definition) is 0. The lowest BCUT2D eigenvalue weighted by molar-refractivity contribution is -0.302. The standard InChI is InChI=1S/C8H14O3/c1-7(3-9-4-7)11-8(2)5-10-6-8/h3-6H2,1-2H3. The summed E-state index contributed by atoms with van der Waals surface area (Å²) < 4.78 is 16.0. The van der Waals surface area contributed by atoms with E-state index in [1.54, 1.807) is 0 Å². The van der Waals surface area contributed by atoms with Crippen molar-refractivity contribution in [2.45, 2.75) is 25.0 Å². The van der Waals surface area contributed by atoms with Gasteiger partial charge in [0.05, 0.1) is 26.4 Å². The minimum absolute atomic E-state index is 0.0431. The predicted octanol–water partition coefficient (Wildman–Crippen LogP) is 0.581. The van der Waals surface area contributed by atoms with Crippen LogP contribution in [0, 0.1) is 0 Å². The van der Waals surface area contributed by atoms with Gasteiger partial charge in [-0.25, -0.2) is 0 Å². The fraction of sp³-hybridized carbons (Fsp3) is 1.00. The quantitative estimate of drug-likeness (QED) is 0.588. The van der Waals surface area contributed by atoms with E-state index in [1.807, 2.05) is 0 Å². The van der Waals surface area contributed by atoms with Crippen LogP contribution in [0.1, 0.15) is 13.8 Å². The third-order valence-electron chi connectivity index (χ3n) is 2.12. The van der Waals surface area contributed by atoms with Gasteiger partial charge in [0.2, 0.25) is 0 Å². The van der Waals surface area contributed by atoms with Gasteiger partial charge in [0.1, 0.15) is 11.2 Å². The van der Waals surface area contributed by atoms with Crippen molar-refractivity contribution in [3.8, 4) is 0 Å². The monoisotopic (exact) mass is 158 g/mol. The first kappa shape index (κ1) is 7.53. The Morgan fingerprint density at radius 3 is 1.45 bits per heavy atom. The van der Waals surface area contributed by atoms with Gasteiger partial charge in [-0.1, -0.05) is 0 Å². The zero-order valence-electron chi connectivity index (χ0n) is 7.05. The van der Waals surface area contributed by atoms with Crippen molar-refractivity contribution in [3.05, 3.63) is 0 Å². The molecule has 2 aliphatic heterocycles. The molecule has 2 heterocycles. The van der Waals surface area contributed by atoms with Crippen LogP contribution >= 0.6 is 0 Å². The van der Waals surface area contributed by atoms with E-state index in [2.05, 4.69) is 13.8 Å². The maximum Gasteiger partial charge on any atom is 0.113 e. The van der Waals surface area contributed by atoms with Crippen LogP contribution in [0.3, 0.4) is 0 Å². The number of ether oxygens (including phenoxy) is 3. The molecule has 11 heavy (non-hydrogen) atoms. The van der Waals surface area contributed by atoms with Crippen LogP contribution < -0.4 is 0 Å². The van der Waals surface area contributed by atoms with E-state index >= 15 is 0 Å². The predicted molar refractivity (Wildman–Crippen MR) is 39.5 cm³/mol. The molecule has 2 rings (SSSR count). The van der Waals surface area contributed by atoms with Crippen molar-refractivity contribution in [2.75, 3.05) is 26.4 Å². The van der Waals surface area contributed by atoms with Gasteiger partial charge in [0.15, 0.2) is 0 Å². The van der Waals surface area contributed by atoms with Gasteiger partial charge in [-0.05, 0) is 13.8 Å². The molecule has 0 amide bonds. The molecule has 2 aliphatic rings. The molecule has 0 spiro atoms. The molecular formula is C8H14O3. The van der Waals surface area contributed by atoms with E-state index in [0.29, 0.717) is 0 Å². The Labute approximate surface area is 66.6 Å². The second-order valence-corrected chi connectivity index (χ2v) is 3.99. The van der Waals surface area contributed by atoms with E-state index in [9.17, 15) is 0 Å². The maximum atomic E-state index is 5.85. The van der Waals surface area contributed by atoms with Crippen molar-refractivity contribution in [2.24, 2.45) is 0 Å². The number of rotatable bonds is 2. The molecule has 0 unspecified atom stereocenters. The SMILES string of the molecule is CC1(OC2(C)COC2)COC1. The highest BCUT2D eigenvalue weighted by molar-refractivity contribution is 4.91. The smallest absolute Gasteiger partial charge is 0.113 e. The van der Waals surface area contributed by atoms with Gasteiger partial charge < -0.3 is 14.2 Å². The Kier molecular flexibility index (Phi) is 1.50. The second-order valence-electron chi connectivity index (χ2n) is 3.99. The summed E-state index contributed by atoms with van der Waals surface area (Å²) in [5.41, 5.74) is -0.0862. The van der Waals surface area contributed by atoms with Crippen LogP contribution in [0.4, 0.5) is 0 Å². The first-order valence-corrected chi connectivity index (χ1v) is 3.98. The van der Waals surface area contributed by atoms with Crippen LogP contribution in [0.5, 0.6) is 0 Å². The fourth-order valence-electron chi connectivity index (χ4n) is 1.49. The van der Waals surface area contributed by atoms with Crippen molar-refractivity contribution in [3.63, 3.8) is 0 Å².